The first-order chi connectivity index (χ1) is 7.91. The minimum atomic E-state index is -1.27. The van der Waals surface area contributed by atoms with Gasteiger partial charge in [0.15, 0.2) is 0 Å². The Kier molecular flexibility index (Phi) is 3.66. The van der Waals surface area contributed by atoms with E-state index in [9.17, 15) is 14.4 Å². The van der Waals surface area contributed by atoms with Gasteiger partial charge < -0.3 is 20.6 Å². The van der Waals surface area contributed by atoms with Gasteiger partial charge in [-0.25, -0.2) is 9.59 Å². The second-order valence-corrected chi connectivity index (χ2v) is 3.12. The second kappa shape index (κ2) is 4.97. The van der Waals surface area contributed by atoms with Crippen molar-refractivity contribution >= 4 is 23.6 Å². The Morgan fingerprint density at radius 1 is 1.06 bits per heavy atom. The van der Waals surface area contributed by atoms with Crippen LogP contribution < -0.4 is 5.32 Å². The summed E-state index contributed by atoms with van der Waals surface area (Å²) in [5.74, 6) is -3.67. The third kappa shape index (κ3) is 3.20. The zero-order valence-electron chi connectivity index (χ0n) is 8.51. The van der Waals surface area contributed by atoms with Crippen molar-refractivity contribution in [3.8, 4) is 0 Å². The molecule has 0 atom stereocenters. The highest BCUT2D eigenvalue weighted by Gasteiger charge is 2.13. The van der Waals surface area contributed by atoms with Gasteiger partial charge in [0.2, 0.25) is 0 Å². The van der Waals surface area contributed by atoms with E-state index in [0.717, 1.165) is 18.2 Å². The molecule has 1 rings (SSSR count). The highest BCUT2D eigenvalue weighted by molar-refractivity contribution is 5.98. The van der Waals surface area contributed by atoms with E-state index in [1.807, 2.05) is 0 Å². The molecule has 0 saturated heterocycles. The van der Waals surface area contributed by atoms with Gasteiger partial charge in [0.25, 0.3) is 0 Å². The van der Waals surface area contributed by atoms with Gasteiger partial charge in [-0.15, -0.1) is 0 Å². The molecule has 17 heavy (non-hydrogen) atoms. The van der Waals surface area contributed by atoms with Crippen molar-refractivity contribution < 1.29 is 29.7 Å². The summed E-state index contributed by atoms with van der Waals surface area (Å²) in [6.45, 7) is -0.497. The van der Waals surface area contributed by atoms with Crippen LogP contribution in [0.1, 0.15) is 20.7 Å². The molecule has 1 aromatic rings. The number of hydrogen-bond acceptors (Lipinski definition) is 4. The van der Waals surface area contributed by atoms with Crippen LogP contribution >= 0.6 is 0 Å². The molecule has 7 heteroatoms. The average molecular weight is 239 g/mol. The summed E-state index contributed by atoms with van der Waals surface area (Å²) in [5.41, 5.74) is -0.348. The smallest absolute Gasteiger partial charge is 0.337 e. The molecule has 90 valence electrons. The van der Waals surface area contributed by atoms with Crippen LogP contribution in [-0.2, 0) is 4.79 Å². The van der Waals surface area contributed by atoms with Crippen LogP contribution in [0.5, 0.6) is 0 Å². The zero-order chi connectivity index (χ0) is 13.0. The maximum atomic E-state index is 10.8. The van der Waals surface area contributed by atoms with E-state index in [1.54, 1.807) is 0 Å². The van der Waals surface area contributed by atoms with Crippen LogP contribution in [0, 0.1) is 0 Å². The van der Waals surface area contributed by atoms with Crippen LogP contribution in [0.3, 0.4) is 0 Å². The number of aliphatic carboxylic acids is 1. The maximum absolute atomic E-state index is 10.8. The van der Waals surface area contributed by atoms with Gasteiger partial charge in [0.1, 0.15) is 6.54 Å². The molecule has 0 fully saturated rings. The van der Waals surface area contributed by atoms with Gasteiger partial charge in [-0.05, 0) is 18.2 Å². The van der Waals surface area contributed by atoms with Crippen molar-refractivity contribution in [1.82, 2.24) is 0 Å². The van der Waals surface area contributed by atoms with Gasteiger partial charge in [-0.2, -0.15) is 0 Å². The van der Waals surface area contributed by atoms with Crippen molar-refractivity contribution in [1.29, 1.82) is 0 Å². The van der Waals surface area contributed by atoms with E-state index in [-0.39, 0.29) is 16.8 Å². The van der Waals surface area contributed by atoms with E-state index in [2.05, 4.69) is 5.32 Å². The Hall–Kier alpha value is -2.57. The Bertz CT molecular complexity index is 482. The summed E-state index contributed by atoms with van der Waals surface area (Å²) >= 11 is 0. The number of anilines is 1. The summed E-state index contributed by atoms with van der Waals surface area (Å²) < 4.78 is 0. The number of rotatable bonds is 5. The first kappa shape index (κ1) is 12.5. The zero-order valence-corrected chi connectivity index (χ0v) is 8.51. The van der Waals surface area contributed by atoms with Crippen LogP contribution in [0.2, 0.25) is 0 Å². The van der Waals surface area contributed by atoms with Crippen LogP contribution in [0.15, 0.2) is 18.2 Å². The summed E-state index contributed by atoms with van der Waals surface area (Å²) in [4.78, 5) is 31.8. The highest BCUT2D eigenvalue weighted by atomic mass is 16.4. The number of hydrogen-bond donors (Lipinski definition) is 4. The topological polar surface area (TPSA) is 124 Å². The summed E-state index contributed by atoms with van der Waals surface area (Å²) in [5, 5.41) is 28.4. The van der Waals surface area contributed by atoms with E-state index in [4.69, 9.17) is 15.3 Å². The highest BCUT2D eigenvalue weighted by Crippen LogP contribution is 2.18. The van der Waals surface area contributed by atoms with Gasteiger partial charge >= 0.3 is 17.9 Å². The lowest BCUT2D eigenvalue weighted by Crippen LogP contribution is -2.15. The van der Waals surface area contributed by atoms with Gasteiger partial charge in [0, 0.05) is 0 Å². The molecular formula is C10H9NO6. The third-order valence-electron chi connectivity index (χ3n) is 1.93. The summed E-state index contributed by atoms with van der Waals surface area (Å²) in [7, 11) is 0. The minimum Gasteiger partial charge on any atom is -0.480 e. The normalized spacial score (nSPS) is 9.65. The molecule has 0 aliphatic carbocycles. The maximum Gasteiger partial charge on any atom is 0.337 e. The number of carboxylic acid groups (broad SMARTS) is 3. The van der Waals surface area contributed by atoms with Crippen molar-refractivity contribution in [2.24, 2.45) is 0 Å². The Morgan fingerprint density at radius 2 is 1.71 bits per heavy atom. The number of nitrogens with one attached hydrogen (secondary N) is 1. The van der Waals surface area contributed by atoms with E-state index in [1.165, 1.54) is 0 Å². The fraction of sp³-hybridized carbons (Fsp3) is 0.100. The Balaban J connectivity index is 3.11. The molecule has 0 spiro atoms. The van der Waals surface area contributed by atoms with Crippen molar-refractivity contribution in [3.05, 3.63) is 29.3 Å². The fourth-order valence-corrected chi connectivity index (χ4v) is 1.18. The quantitative estimate of drug-likeness (QED) is 0.592. The minimum absolute atomic E-state index is 0.0419. The molecular weight excluding hydrogens is 230 g/mol. The molecule has 7 nitrogen and oxygen atoms in total. The van der Waals surface area contributed by atoms with E-state index >= 15 is 0 Å². The fourth-order valence-electron chi connectivity index (χ4n) is 1.18. The van der Waals surface area contributed by atoms with Crippen LogP contribution in [0.25, 0.3) is 0 Å². The molecule has 4 N–H and O–H groups in total. The summed E-state index contributed by atoms with van der Waals surface area (Å²) in [6, 6.07) is 3.32. The first-order valence-corrected chi connectivity index (χ1v) is 4.48. The number of carboxylic acids is 3. The van der Waals surface area contributed by atoms with Gasteiger partial charge in [-0.1, -0.05) is 0 Å². The Labute approximate surface area is 95.3 Å². The van der Waals surface area contributed by atoms with Gasteiger partial charge in [0.05, 0.1) is 16.8 Å². The number of benzene rings is 1. The lowest BCUT2D eigenvalue weighted by Gasteiger charge is -2.08. The third-order valence-corrected chi connectivity index (χ3v) is 1.93. The largest absolute Gasteiger partial charge is 0.480 e. The van der Waals surface area contributed by atoms with E-state index in [0.29, 0.717) is 0 Å². The SMILES string of the molecule is O=C(O)CNc1cc(C(=O)O)ccc1C(=O)O. The number of carbonyl (C=O) groups is 3. The lowest BCUT2D eigenvalue weighted by atomic mass is 10.1. The van der Waals surface area contributed by atoms with Gasteiger partial charge in [-0.3, -0.25) is 4.79 Å². The standard InChI is InChI=1S/C10H9NO6/c12-8(13)4-11-7-3-5(9(14)15)1-2-6(7)10(16)17/h1-3,11H,4H2,(H,12,13)(H,14,15)(H,16,17). The van der Waals surface area contributed by atoms with Crippen molar-refractivity contribution in [2.75, 3.05) is 11.9 Å². The lowest BCUT2D eigenvalue weighted by molar-refractivity contribution is -0.134. The Morgan fingerprint density at radius 3 is 2.18 bits per heavy atom. The molecule has 0 bridgehead atoms. The van der Waals surface area contributed by atoms with E-state index < -0.39 is 24.5 Å². The number of aromatic carboxylic acids is 2. The molecule has 1 aromatic carbocycles. The summed E-state index contributed by atoms with van der Waals surface area (Å²) in [6.07, 6.45) is 0. The molecule has 0 amide bonds. The average Bonchev–Trinajstić information content (AvgIpc) is 2.25. The van der Waals surface area contributed by atoms with Crippen LogP contribution in [0.4, 0.5) is 5.69 Å². The monoisotopic (exact) mass is 239 g/mol. The molecule has 0 aliphatic rings. The van der Waals surface area contributed by atoms with Crippen molar-refractivity contribution in [3.63, 3.8) is 0 Å². The first-order valence-electron chi connectivity index (χ1n) is 4.48. The molecule has 0 aromatic heterocycles. The van der Waals surface area contributed by atoms with Crippen LogP contribution in [-0.4, -0.2) is 39.8 Å². The molecule has 0 heterocycles. The van der Waals surface area contributed by atoms with Crippen molar-refractivity contribution in [2.45, 2.75) is 0 Å². The molecule has 0 aliphatic heterocycles. The molecule has 0 saturated carbocycles. The molecule has 0 radical (unpaired) electrons. The molecule has 0 unspecified atom stereocenters. The predicted molar refractivity (Wildman–Crippen MR) is 56.5 cm³/mol. The second-order valence-electron chi connectivity index (χ2n) is 3.12. The predicted octanol–water partition coefficient (Wildman–Crippen LogP) is 0.580.